The third kappa shape index (κ3) is 6.32. The van der Waals surface area contributed by atoms with Crippen LogP contribution >= 0.6 is 0 Å². The first-order valence-electron chi connectivity index (χ1n) is 7.08. The third-order valence-electron chi connectivity index (χ3n) is 3.29. The van der Waals surface area contributed by atoms with Gasteiger partial charge in [0.15, 0.2) is 0 Å². The van der Waals surface area contributed by atoms with Crippen LogP contribution in [0.4, 0.5) is 0 Å². The van der Waals surface area contributed by atoms with Crippen molar-refractivity contribution in [3.05, 3.63) is 0 Å². The van der Waals surface area contributed by atoms with Crippen molar-refractivity contribution in [2.24, 2.45) is 0 Å². The largest absolute Gasteiger partial charge is 0.500 e. The third-order valence-corrected chi connectivity index (χ3v) is 6.13. The molecule has 0 heterocycles. The molecule has 0 aliphatic heterocycles. The van der Waals surface area contributed by atoms with E-state index in [1.807, 2.05) is 0 Å². The van der Waals surface area contributed by atoms with Crippen LogP contribution in [0.15, 0.2) is 0 Å². The minimum absolute atomic E-state index is 0.224. The lowest BCUT2D eigenvalue weighted by molar-refractivity contribution is -0.139. The van der Waals surface area contributed by atoms with E-state index in [0.29, 0.717) is 19.1 Å². The number of carbonyl (C=O) groups excluding carboxylic acids is 1. The highest BCUT2D eigenvalue weighted by Crippen LogP contribution is 2.15. The maximum atomic E-state index is 11.9. The van der Waals surface area contributed by atoms with Gasteiger partial charge in [-0.2, -0.15) is 0 Å². The number of nitrogens with zero attached hydrogens (tertiary/aromatic N) is 1. The molecule has 0 aliphatic rings. The van der Waals surface area contributed by atoms with Gasteiger partial charge in [-0.3, -0.25) is 4.79 Å². The Hall–Kier alpha value is -0.473. The van der Waals surface area contributed by atoms with Crippen molar-refractivity contribution < 1.29 is 23.2 Å². The van der Waals surface area contributed by atoms with E-state index in [9.17, 15) is 9.90 Å². The number of aliphatic hydroxyl groups excluding tert-OH is 1. The van der Waals surface area contributed by atoms with E-state index in [-0.39, 0.29) is 5.91 Å². The van der Waals surface area contributed by atoms with Crippen LogP contribution in [0.1, 0.15) is 33.1 Å². The second-order valence-electron chi connectivity index (χ2n) is 4.75. The lowest BCUT2D eigenvalue weighted by atomic mass is 10.2. The van der Waals surface area contributed by atoms with Gasteiger partial charge in [0.1, 0.15) is 6.10 Å². The molecular formula is C13H29NO5Si. The number of rotatable bonds is 11. The average Bonchev–Trinajstić information content (AvgIpc) is 2.46. The summed E-state index contributed by atoms with van der Waals surface area (Å²) in [7, 11) is 2.16. The van der Waals surface area contributed by atoms with Gasteiger partial charge in [0.25, 0.3) is 5.91 Å². The Balaban J connectivity index is 4.42. The van der Waals surface area contributed by atoms with Crippen molar-refractivity contribution in [2.75, 3.05) is 34.4 Å². The van der Waals surface area contributed by atoms with Crippen molar-refractivity contribution >= 4 is 14.7 Å². The Bertz CT molecular complexity index is 263. The van der Waals surface area contributed by atoms with Gasteiger partial charge in [-0.15, -0.1) is 0 Å². The number of hydrogen-bond donors (Lipinski definition) is 1. The molecule has 0 spiro atoms. The predicted molar refractivity (Wildman–Crippen MR) is 79.4 cm³/mol. The van der Waals surface area contributed by atoms with Crippen LogP contribution in [0.2, 0.25) is 6.04 Å². The summed E-state index contributed by atoms with van der Waals surface area (Å²) < 4.78 is 16.0. The van der Waals surface area contributed by atoms with Crippen molar-refractivity contribution in [1.82, 2.24) is 4.90 Å². The maximum absolute atomic E-state index is 11.9. The molecule has 0 fully saturated rings. The Morgan fingerprint density at radius 3 is 2.05 bits per heavy atom. The quantitative estimate of drug-likeness (QED) is 0.582. The lowest BCUT2D eigenvalue weighted by Gasteiger charge is -2.27. The van der Waals surface area contributed by atoms with Crippen molar-refractivity contribution in [3.8, 4) is 0 Å². The number of aliphatic hydroxyl groups is 1. The van der Waals surface area contributed by atoms with Gasteiger partial charge < -0.3 is 23.3 Å². The van der Waals surface area contributed by atoms with Gasteiger partial charge in [-0.1, -0.05) is 13.3 Å². The van der Waals surface area contributed by atoms with Gasteiger partial charge in [0.2, 0.25) is 0 Å². The molecular weight excluding hydrogens is 278 g/mol. The van der Waals surface area contributed by atoms with E-state index in [2.05, 4.69) is 6.92 Å². The first-order chi connectivity index (χ1) is 9.46. The van der Waals surface area contributed by atoms with Crippen LogP contribution in [0.5, 0.6) is 0 Å². The topological polar surface area (TPSA) is 68.2 Å². The van der Waals surface area contributed by atoms with Gasteiger partial charge in [0, 0.05) is 40.5 Å². The first kappa shape index (κ1) is 19.5. The number of carbonyl (C=O) groups is 1. The summed E-state index contributed by atoms with van der Waals surface area (Å²) in [6.07, 6.45) is 1.71. The monoisotopic (exact) mass is 307 g/mol. The predicted octanol–water partition coefficient (Wildman–Crippen LogP) is 1.26. The molecule has 0 radical (unpaired) electrons. The van der Waals surface area contributed by atoms with E-state index in [1.54, 1.807) is 26.2 Å². The van der Waals surface area contributed by atoms with Crippen LogP contribution < -0.4 is 0 Å². The summed E-state index contributed by atoms with van der Waals surface area (Å²) in [4.78, 5) is 13.6. The van der Waals surface area contributed by atoms with Gasteiger partial charge in [0.05, 0.1) is 0 Å². The zero-order valence-electron chi connectivity index (χ0n) is 13.3. The fraction of sp³-hybridized carbons (Fsp3) is 0.923. The zero-order chi connectivity index (χ0) is 15.6. The second-order valence-corrected chi connectivity index (χ2v) is 7.84. The Morgan fingerprint density at radius 2 is 1.65 bits per heavy atom. The number of amides is 1. The molecule has 0 saturated carbocycles. The summed E-state index contributed by atoms with van der Waals surface area (Å²) >= 11 is 0. The molecule has 6 nitrogen and oxygen atoms in total. The van der Waals surface area contributed by atoms with Gasteiger partial charge >= 0.3 is 8.80 Å². The van der Waals surface area contributed by atoms with Crippen LogP contribution in [0.3, 0.4) is 0 Å². The lowest BCUT2D eigenvalue weighted by Crippen LogP contribution is -2.44. The minimum atomic E-state index is -2.58. The normalized spacial score (nSPS) is 13.3. The van der Waals surface area contributed by atoms with Crippen molar-refractivity contribution in [3.63, 3.8) is 0 Å². The molecule has 1 atom stereocenters. The molecule has 7 heteroatoms. The van der Waals surface area contributed by atoms with Crippen LogP contribution in [0.25, 0.3) is 0 Å². The Labute approximate surface area is 123 Å². The van der Waals surface area contributed by atoms with E-state index in [4.69, 9.17) is 13.3 Å². The molecule has 1 N–H and O–H groups in total. The van der Waals surface area contributed by atoms with Crippen molar-refractivity contribution in [2.45, 2.75) is 45.3 Å². The smallest absolute Gasteiger partial charge is 0.384 e. The summed E-state index contributed by atoms with van der Waals surface area (Å²) in [5, 5.41) is 9.43. The zero-order valence-corrected chi connectivity index (χ0v) is 14.3. The second kappa shape index (κ2) is 10.3. The highest BCUT2D eigenvalue weighted by atomic mass is 28.4. The van der Waals surface area contributed by atoms with E-state index >= 15 is 0 Å². The highest BCUT2D eigenvalue weighted by molar-refractivity contribution is 6.60. The van der Waals surface area contributed by atoms with Crippen LogP contribution in [0, 0.1) is 0 Å². The molecule has 120 valence electrons. The summed E-state index contributed by atoms with van der Waals surface area (Å²) in [5.74, 6) is -0.224. The SMILES string of the molecule is CCCCN(CCC[Si](OC)(OC)OC)C(=O)C(C)O. The van der Waals surface area contributed by atoms with E-state index in [0.717, 1.165) is 19.3 Å². The molecule has 20 heavy (non-hydrogen) atoms. The number of hydrogen-bond acceptors (Lipinski definition) is 5. The molecule has 0 aromatic heterocycles. The minimum Gasteiger partial charge on any atom is -0.384 e. The summed E-state index contributed by atoms with van der Waals surface area (Å²) in [5.41, 5.74) is 0. The van der Waals surface area contributed by atoms with E-state index in [1.165, 1.54) is 6.92 Å². The molecule has 0 aliphatic carbocycles. The average molecular weight is 307 g/mol. The number of unbranched alkanes of at least 4 members (excludes halogenated alkanes) is 1. The molecule has 0 aromatic carbocycles. The highest BCUT2D eigenvalue weighted by Gasteiger charge is 2.37. The van der Waals surface area contributed by atoms with Gasteiger partial charge in [-0.05, 0) is 19.8 Å². The van der Waals surface area contributed by atoms with Crippen molar-refractivity contribution in [1.29, 1.82) is 0 Å². The fourth-order valence-corrected chi connectivity index (χ4v) is 3.69. The molecule has 0 bridgehead atoms. The summed E-state index contributed by atoms with van der Waals surface area (Å²) in [6, 6.07) is 0.645. The molecule has 1 amide bonds. The first-order valence-corrected chi connectivity index (χ1v) is 9.01. The van der Waals surface area contributed by atoms with Crippen LogP contribution in [-0.2, 0) is 18.1 Å². The Kier molecular flexibility index (Phi) is 10.0. The molecule has 0 rings (SSSR count). The molecule has 0 saturated heterocycles. The maximum Gasteiger partial charge on any atom is 0.500 e. The van der Waals surface area contributed by atoms with Crippen LogP contribution in [-0.4, -0.2) is 65.2 Å². The fourth-order valence-electron chi connectivity index (χ4n) is 1.99. The standard InChI is InChI=1S/C13H29NO5Si/c1-6-7-9-14(13(16)12(2)15)10-8-11-20(17-3,18-4)19-5/h12,15H,6-11H2,1-5H3. The molecule has 0 aromatic rings. The summed E-state index contributed by atoms with van der Waals surface area (Å²) in [6.45, 7) is 4.82. The molecule has 1 unspecified atom stereocenters. The van der Waals surface area contributed by atoms with E-state index < -0.39 is 14.9 Å². The Morgan fingerprint density at radius 1 is 1.15 bits per heavy atom. The van der Waals surface area contributed by atoms with Gasteiger partial charge in [-0.25, -0.2) is 0 Å².